The van der Waals surface area contributed by atoms with E-state index in [0.717, 1.165) is 16.7 Å². The zero-order valence-electron chi connectivity index (χ0n) is 44.4. The van der Waals surface area contributed by atoms with E-state index in [4.69, 9.17) is 69.7 Å². The Bertz CT molecular complexity index is 2180. The monoisotopic (exact) mass is 1100 g/mol. The van der Waals surface area contributed by atoms with Gasteiger partial charge in [-0.3, -0.25) is 28.8 Å². The van der Waals surface area contributed by atoms with Gasteiger partial charge in [-0.15, -0.1) is 0 Å². The van der Waals surface area contributed by atoms with Gasteiger partial charge in [0.2, 0.25) is 11.8 Å². The molecule has 74 heavy (non-hydrogen) atoms. The van der Waals surface area contributed by atoms with Gasteiger partial charge in [-0.05, 0) is 114 Å². The number of nitrogens with two attached hydrogens (primary N) is 1. The van der Waals surface area contributed by atoms with Crippen molar-refractivity contribution >= 4 is 86.8 Å². The maximum atomic E-state index is 12.2. The number of rotatable bonds is 20. The largest absolute Gasteiger partial charge is 0.495 e. The highest BCUT2D eigenvalue weighted by Gasteiger charge is 2.31. The molecule has 3 aromatic rings. The summed E-state index contributed by atoms with van der Waals surface area (Å²) in [5, 5.41) is 24.8. The van der Waals surface area contributed by atoms with E-state index < -0.39 is 34.1 Å². The molecule has 6 N–H and O–H groups in total. The third-order valence-corrected chi connectivity index (χ3v) is 11.5. The van der Waals surface area contributed by atoms with Crippen LogP contribution in [0.2, 0.25) is 21.9 Å². The third-order valence-electron chi connectivity index (χ3n) is 10.6. The maximum Gasteiger partial charge on any atom is 0.313 e. The Kier molecular flexibility index (Phi) is 40.3. The van der Waals surface area contributed by atoms with E-state index in [1.54, 1.807) is 113 Å². The molecule has 16 nitrogen and oxygen atoms in total. The van der Waals surface area contributed by atoms with Crippen molar-refractivity contribution in [1.82, 2.24) is 10.6 Å². The fourth-order valence-electron chi connectivity index (χ4n) is 5.59. The second-order valence-corrected chi connectivity index (χ2v) is 19.4. The van der Waals surface area contributed by atoms with Crippen LogP contribution in [0.4, 0.5) is 0 Å². The number of hydrogen-bond donors (Lipinski definition) is 5. The van der Waals surface area contributed by atoms with Gasteiger partial charge in [0.15, 0.2) is 0 Å². The molecule has 2 amide bonds. The standard InChI is InChI=1S/C17H24ClNO4.C16H22ClNO4.C11H13ClO3.C6H13NO2.CH3B.2CH4.B/c1-11(8-12-6-7-14(22-4)13(18)9-12)15(20)19-10-17(2,3)16(21)23-5;1-10(14(19)18-9-16(2,3)15(20)21)7-11-5-6-13(22-4)12(17)8-11;1-7(11(13)14)5-8-3-4-10(15-2)9(12)6-8;1-6(2,4-7)5(8)9-3;1-2;;;/h6-7,9,11H,8,10H2,1-5H3,(H,19,20);5-6,8,10H,7,9H2,1-4H3,(H,18,19)(H,20,21);3-4,6-7H,5H2,1-2H3,(H,13,14);4,7H2,1-3H3;1H3;2*1H4;/t11-;10-;7-;;;;;/m111...../s1. The van der Waals surface area contributed by atoms with E-state index in [-0.39, 0.29) is 71.9 Å². The molecule has 5 radical (unpaired) electrons. The van der Waals surface area contributed by atoms with Crippen LogP contribution in [-0.4, -0.2) is 117 Å². The van der Waals surface area contributed by atoms with E-state index >= 15 is 0 Å². The van der Waals surface area contributed by atoms with Crippen molar-refractivity contribution in [2.75, 3.05) is 55.2 Å². The zero-order valence-corrected chi connectivity index (χ0v) is 46.7. The molecule has 0 unspecified atom stereocenters. The summed E-state index contributed by atoms with van der Waals surface area (Å²) in [6, 6.07) is 16.1. The first-order chi connectivity index (χ1) is 33.0. The molecule has 0 saturated heterocycles. The Labute approximate surface area is 459 Å². The molecule has 0 saturated carbocycles. The van der Waals surface area contributed by atoms with E-state index in [1.165, 1.54) is 21.0 Å². The summed E-state index contributed by atoms with van der Waals surface area (Å²) in [7, 11) is 11.8. The fraction of sp³-hybridized carbons (Fsp3) is 0.547. The molecule has 0 aliphatic carbocycles. The van der Waals surface area contributed by atoms with Crippen LogP contribution in [-0.2, 0) is 57.5 Å². The highest BCUT2D eigenvalue weighted by atomic mass is 35.5. The number of halogens is 3. The van der Waals surface area contributed by atoms with Crippen molar-refractivity contribution in [3.8, 4) is 17.2 Å². The Morgan fingerprint density at radius 3 is 1.07 bits per heavy atom. The van der Waals surface area contributed by atoms with Crippen LogP contribution in [0.15, 0.2) is 54.6 Å². The van der Waals surface area contributed by atoms with Crippen molar-refractivity contribution in [3.05, 3.63) is 86.4 Å². The minimum Gasteiger partial charge on any atom is -0.495 e. The number of nitrogens with one attached hydrogen (secondary N) is 2. The summed E-state index contributed by atoms with van der Waals surface area (Å²) in [4.78, 5) is 68.3. The van der Waals surface area contributed by atoms with Gasteiger partial charge in [0.25, 0.3) is 0 Å². The molecule has 415 valence electrons. The number of carboxylic acid groups (broad SMARTS) is 2. The molecule has 0 fully saturated rings. The van der Waals surface area contributed by atoms with Crippen LogP contribution < -0.4 is 30.6 Å². The lowest BCUT2D eigenvalue weighted by Crippen LogP contribution is -2.41. The number of carboxylic acids is 2. The third kappa shape index (κ3) is 28.5. The van der Waals surface area contributed by atoms with Crippen molar-refractivity contribution in [2.45, 2.75) is 103 Å². The number of esters is 2. The molecule has 0 bridgehead atoms. The summed E-state index contributed by atoms with van der Waals surface area (Å²) >= 11 is 18.1. The maximum absolute atomic E-state index is 12.2. The summed E-state index contributed by atoms with van der Waals surface area (Å²) in [6.45, 7) is 17.5. The summed E-state index contributed by atoms with van der Waals surface area (Å²) < 4.78 is 24.4. The van der Waals surface area contributed by atoms with Crippen LogP contribution in [0.3, 0.4) is 0 Å². The van der Waals surface area contributed by atoms with Crippen LogP contribution in [0.1, 0.15) is 93.9 Å². The first-order valence-electron chi connectivity index (χ1n) is 22.4. The van der Waals surface area contributed by atoms with Crippen LogP contribution in [0, 0.1) is 34.0 Å². The Balaban J connectivity index is -0.000000291. The van der Waals surface area contributed by atoms with Crippen molar-refractivity contribution in [2.24, 2.45) is 39.7 Å². The molecule has 0 aliphatic heterocycles. The molecule has 3 rings (SSSR count). The lowest BCUT2D eigenvalue weighted by Gasteiger charge is -2.23. The lowest BCUT2D eigenvalue weighted by molar-refractivity contribution is -0.151. The Hall–Kier alpha value is -5.16. The van der Waals surface area contributed by atoms with Gasteiger partial charge >= 0.3 is 23.9 Å². The number of aliphatic carboxylic acids is 2. The number of ether oxygens (including phenoxy) is 5. The quantitative estimate of drug-likeness (QED) is 0.0523. The van der Waals surface area contributed by atoms with Gasteiger partial charge in [-0.1, -0.05) is 95.4 Å². The average Bonchev–Trinajstić information content (AvgIpc) is 3.33. The minimum atomic E-state index is -0.987. The summed E-state index contributed by atoms with van der Waals surface area (Å²) in [5.74, 6) is -1.80. The Morgan fingerprint density at radius 1 is 0.554 bits per heavy atom. The van der Waals surface area contributed by atoms with Crippen LogP contribution >= 0.6 is 34.8 Å². The number of hydrogen-bond acceptors (Lipinski definition) is 12. The zero-order chi connectivity index (χ0) is 55.4. The van der Waals surface area contributed by atoms with E-state index in [2.05, 4.69) is 23.2 Å². The van der Waals surface area contributed by atoms with Crippen molar-refractivity contribution in [1.29, 1.82) is 0 Å². The molecule has 21 heteroatoms. The van der Waals surface area contributed by atoms with Gasteiger partial charge < -0.3 is 50.3 Å². The molecule has 0 heterocycles. The molecular formula is C53H83B2Cl3N3O13. The molecular weight excluding hydrogens is 1010 g/mol. The number of methoxy groups -OCH3 is 5. The number of carbonyl (C=O) groups is 6. The highest BCUT2D eigenvalue weighted by Crippen LogP contribution is 2.28. The summed E-state index contributed by atoms with van der Waals surface area (Å²) in [5.41, 5.74) is 5.78. The fourth-order valence-corrected chi connectivity index (χ4v) is 6.43. The van der Waals surface area contributed by atoms with Gasteiger partial charge in [0, 0.05) is 39.9 Å². The van der Waals surface area contributed by atoms with Crippen molar-refractivity contribution < 1.29 is 62.7 Å². The SMILES string of the molecule is C.C.COC(=O)C(C)(C)CN.COC(=O)C(C)(C)CNC(=O)[C@H](C)Cc1ccc(OC)c(Cl)c1.COc1ccc(C[C@@H](C)C(=O)NCC(C)(C)C(=O)O)cc1Cl.COc1ccc(C[C@@H](C)C(=O)O)cc1Cl.[B].[B]C. The summed E-state index contributed by atoms with van der Waals surface area (Å²) in [6.07, 6.45) is 1.54. The molecule has 0 aliphatic rings. The van der Waals surface area contributed by atoms with Gasteiger partial charge in [0.1, 0.15) is 17.2 Å². The van der Waals surface area contributed by atoms with E-state index in [1.807, 2.05) is 25.1 Å². The first kappa shape index (κ1) is 77.7. The highest BCUT2D eigenvalue weighted by molar-refractivity contribution is 6.32. The van der Waals surface area contributed by atoms with Gasteiger partial charge in [-0.25, -0.2) is 0 Å². The molecule has 3 aromatic carbocycles. The topological polar surface area (TPSA) is 239 Å². The number of benzene rings is 3. The second kappa shape index (κ2) is 38.4. The Morgan fingerprint density at radius 2 is 0.838 bits per heavy atom. The predicted molar refractivity (Wildman–Crippen MR) is 299 cm³/mol. The van der Waals surface area contributed by atoms with Crippen molar-refractivity contribution in [3.63, 3.8) is 0 Å². The second-order valence-electron chi connectivity index (χ2n) is 18.1. The number of amides is 2. The molecule has 0 spiro atoms. The number of carbonyl (C=O) groups excluding carboxylic acids is 4. The van der Waals surface area contributed by atoms with Gasteiger partial charge in [0.05, 0.1) is 80.6 Å². The lowest BCUT2D eigenvalue weighted by atomic mass is 9.93. The first-order valence-corrected chi connectivity index (χ1v) is 23.5. The molecule has 3 atom stereocenters. The van der Waals surface area contributed by atoms with E-state index in [0.29, 0.717) is 58.1 Å². The van der Waals surface area contributed by atoms with Gasteiger partial charge in [-0.2, -0.15) is 0 Å². The minimum absolute atomic E-state index is 0. The smallest absolute Gasteiger partial charge is 0.313 e. The normalized spacial score (nSPS) is 11.5. The van der Waals surface area contributed by atoms with E-state index in [9.17, 15) is 28.8 Å². The van der Waals surface area contributed by atoms with Crippen LogP contribution in [0.25, 0.3) is 0 Å². The molecule has 0 aromatic heterocycles. The van der Waals surface area contributed by atoms with Crippen LogP contribution in [0.5, 0.6) is 17.2 Å². The predicted octanol–water partition coefficient (Wildman–Crippen LogP) is 9.45. The average molecular weight is 1100 g/mol.